The first-order valence-corrected chi connectivity index (χ1v) is 9.97. The van der Waals surface area contributed by atoms with Crippen LogP contribution in [0.1, 0.15) is 40.1 Å². The number of Topliss-reactive ketones (excluding diaryl/α,β-unsaturated/α-hetero) is 1. The van der Waals surface area contributed by atoms with Gasteiger partial charge in [-0.15, -0.1) is 0 Å². The van der Waals surface area contributed by atoms with Crippen LogP contribution in [0.3, 0.4) is 0 Å². The number of nitrogens with two attached hydrogens (primary N) is 1. The third-order valence-electron chi connectivity index (χ3n) is 4.64. The summed E-state index contributed by atoms with van der Waals surface area (Å²) in [6, 6.07) is 3.32. The van der Waals surface area contributed by atoms with Gasteiger partial charge in [-0.1, -0.05) is 13.8 Å². The lowest BCUT2D eigenvalue weighted by Crippen LogP contribution is -2.43. The van der Waals surface area contributed by atoms with Gasteiger partial charge in [0.1, 0.15) is 17.9 Å². The van der Waals surface area contributed by atoms with Crippen LogP contribution >= 0.6 is 0 Å². The van der Waals surface area contributed by atoms with Gasteiger partial charge >= 0.3 is 17.8 Å². The van der Waals surface area contributed by atoms with Gasteiger partial charge in [0, 0.05) is 19.2 Å². The van der Waals surface area contributed by atoms with Gasteiger partial charge in [0.05, 0.1) is 5.56 Å². The summed E-state index contributed by atoms with van der Waals surface area (Å²) >= 11 is 0. The number of benzene rings is 1. The third-order valence-corrected chi connectivity index (χ3v) is 4.64. The molecule has 0 saturated carbocycles. The van der Waals surface area contributed by atoms with Crippen LogP contribution < -0.4 is 22.3 Å². The number of nitrogens with one attached hydrogen (secondary N) is 1. The van der Waals surface area contributed by atoms with Crippen molar-refractivity contribution in [3.8, 4) is 0 Å². The smallest absolute Gasteiger partial charge is 0.416 e. The molecule has 0 bridgehead atoms. The number of carbonyl (C=O) groups excluding carboxylic acids is 3. The Kier molecular flexibility index (Phi) is 8.03. The molecule has 1 amide bonds. The summed E-state index contributed by atoms with van der Waals surface area (Å²) in [5.41, 5.74) is 2.65. The van der Waals surface area contributed by atoms with Crippen LogP contribution in [0.25, 0.3) is 0 Å². The number of carbonyl (C=O) groups is 3. The van der Waals surface area contributed by atoms with Gasteiger partial charge in [-0.25, -0.2) is 4.79 Å². The zero-order valence-corrected chi connectivity index (χ0v) is 18.6. The molecule has 1 aromatic heterocycles. The highest BCUT2D eigenvalue weighted by Crippen LogP contribution is 2.29. The molecule has 1 aromatic carbocycles. The number of amides is 1. The van der Waals surface area contributed by atoms with Crippen molar-refractivity contribution in [2.45, 2.75) is 26.6 Å². The Bertz CT molecular complexity index is 1210. The van der Waals surface area contributed by atoms with Crippen molar-refractivity contribution in [3.63, 3.8) is 0 Å². The van der Waals surface area contributed by atoms with Crippen LogP contribution in [0.5, 0.6) is 0 Å². The average Bonchev–Trinajstić information content (AvgIpc) is 2.77. The summed E-state index contributed by atoms with van der Waals surface area (Å²) in [5, 5.41) is 2.15. The maximum Gasteiger partial charge on any atom is 0.416 e. The molecule has 0 aliphatic rings. The molecule has 0 unspecified atom stereocenters. The van der Waals surface area contributed by atoms with Crippen LogP contribution in [0, 0.1) is 5.92 Å². The largest absolute Gasteiger partial charge is 0.456 e. The molecule has 0 spiro atoms. The van der Waals surface area contributed by atoms with Gasteiger partial charge in [-0.2, -0.15) is 13.2 Å². The van der Waals surface area contributed by atoms with E-state index in [4.69, 9.17) is 10.5 Å². The van der Waals surface area contributed by atoms with Gasteiger partial charge in [-0.3, -0.25) is 28.3 Å². The van der Waals surface area contributed by atoms with E-state index < -0.39 is 59.4 Å². The molecular weight excluding hydrogens is 461 g/mol. The predicted octanol–water partition coefficient (Wildman–Crippen LogP) is 0.960. The summed E-state index contributed by atoms with van der Waals surface area (Å²) < 4.78 is 44.3. The first kappa shape index (κ1) is 26.4. The van der Waals surface area contributed by atoms with E-state index in [9.17, 15) is 37.1 Å². The third kappa shape index (κ3) is 6.11. The zero-order chi connectivity index (χ0) is 25.8. The lowest BCUT2D eigenvalue weighted by atomic mass is 10.1. The normalized spacial score (nSPS) is 11.4. The second kappa shape index (κ2) is 10.4. The Labute approximate surface area is 191 Å². The zero-order valence-electron chi connectivity index (χ0n) is 18.6. The molecule has 2 aromatic rings. The molecule has 13 heteroatoms. The van der Waals surface area contributed by atoms with Crippen molar-refractivity contribution in [3.05, 3.63) is 61.8 Å². The fourth-order valence-corrected chi connectivity index (χ4v) is 2.92. The lowest BCUT2D eigenvalue weighted by Gasteiger charge is -2.16. The first-order chi connectivity index (χ1) is 15.7. The van der Waals surface area contributed by atoms with E-state index in [1.54, 1.807) is 13.8 Å². The van der Waals surface area contributed by atoms with Gasteiger partial charge in [-0.05, 0) is 30.2 Å². The number of esters is 1. The molecule has 1 heterocycles. The van der Waals surface area contributed by atoms with E-state index in [0.29, 0.717) is 0 Å². The molecule has 184 valence electrons. The fourth-order valence-electron chi connectivity index (χ4n) is 2.92. The number of ketones is 1. The number of ether oxygens (including phenoxy) is 1. The van der Waals surface area contributed by atoms with Gasteiger partial charge < -0.3 is 15.8 Å². The minimum Gasteiger partial charge on any atom is -0.456 e. The summed E-state index contributed by atoms with van der Waals surface area (Å²) in [6.07, 6.45) is -4.56. The van der Waals surface area contributed by atoms with Crippen LogP contribution in [0.4, 0.5) is 19.0 Å². The monoisotopic (exact) mass is 484 g/mol. The number of hydrogen-bond donors (Lipinski definition) is 2. The Morgan fingerprint density at radius 1 is 1.12 bits per heavy atom. The van der Waals surface area contributed by atoms with Crippen molar-refractivity contribution < 1.29 is 32.3 Å². The van der Waals surface area contributed by atoms with E-state index in [2.05, 4.69) is 5.32 Å². The average molecular weight is 484 g/mol. The number of alkyl halides is 3. The van der Waals surface area contributed by atoms with Crippen molar-refractivity contribution in [1.82, 2.24) is 14.5 Å². The molecule has 0 aliphatic heterocycles. The number of nitrogen functional groups attached to an aromatic ring is 1. The standard InChI is InChI=1S/C21H23F3N4O6/c1-11(2)9-28-17(25)16(19(32)27(3)20(28)33)14(29)10-34-15(30)8-26-18(31)12-4-6-13(7-5-12)21(22,23)24/h4-7,11H,8-10,25H2,1-3H3,(H,26,31). The van der Waals surface area contributed by atoms with Crippen molar-refractivity contribution in [2.75, 3.05) is 18.9 Å². The van der Waals surface area contributed by atoms with Crippen LogP contribution in [-0.2, 0) is 29.3 Å². The van der Waals surface area contributed by atoms with Crippen LogP contribution in [-0.4, -0.2) is 39.9 Å². The van der Waals surface area contributed by atoms with Gasteiger partial charge in [0.15, 0.2) is 6.61 Å². The molecule has 0 aliphatic carbocycles. The second-order valence-corrected chi connectivity index (χ2v) is 7.75. The van der Waals surface area contributed by atoms with Crippen LogP contribution in [0.2, 0.25) is 0 Å². The summed E-state index contributed by atoms with van der Waals surface area (Å²) in [7, 11) is 1.18. The molecule has 34 heavy (non-hydrogen) atoms. The number of rotatable bonds is 8. The van der Waals surface area contributed by atoms with Gasteiger partial charge in [0.2, 0.25) is 5.78 Å². The number of halogens is 3. The predicted molar refractivity (Wildman–Crippen MR) is 114 cm³/mol. The maximum atomic E-state index is 12.6. The quantitative estimate of drug-likeness (QED) is 0.420. The molecule has 0 atom stereocenters. The summed E-state index contributed by atoms with van der Waals surface area (Å²) in [6.45, 7) is 2.19. The fraction of sp³-hybridized carbons (Fsp3) is 0.381. The molecule has 10 nitrogen and oxygen atoms in total. The highest BCUT2D eigenvalue weighted by atomic mass is 19.4. The minimum absolute atomic E-state index is 0.0217. The SMILES string of the molecule is CC(C)Cn1c(N)c(C(=O)COC(=O)CNC(=O)c2ccc(C(F)(F)F)cc2)c(=O)n(C)c1=O. The Balaban J connectivity index is 2.02. The maximum absolute atomic E-state index is 12.6. The highest BCUT2D eigenvalue weighted by Gasteiger charge is 2.30. The summed E-state index contributed by atoms with van der Waals surface area (Å²) in [5.74, 6) is -3.20. The van der Waals surface area contributed by atoms with Crippen molar-refractivity contribution in [1.29, 1.82) is 0 Å². The summed E-state index contributed by atoms with van der Waals surface area (Å²) in [4.78, 5) is 61.0. The molecule has 0 saturated heterocycles. The van der Waals surface area contributed by atoms with E-state index in [1.165, 1.54) is 7.05 Å². The number of anilines is 1. The Morgan fingerprint density at radius 2 is 1.71 bits per heavy atom. The van der Waals surface area contributed by atoms with Crippen molar-refractivity contribution in [2.24, 2.45) is 13.0 Å². The van der Waals surface area contributed by atoms with Crippen molar-refractivity contribution >= 4 is 23.5 Å². The number of hydrogen-bond acceptors (Lipinski definition) is 7. The minimum atomic E-state index is -4.56. The Hall–Kier alpha value is -3.90. The Morgan fingerprint density at radius 3 is 2.24 bits per heavy atom. The van der Waals surface area contributed by atoms with E-state index >= 15 is 0 Å². The number of nitrogens with zero attached hydrogens (tertiary/aromatic N) is 2. The van der Waals surface area contributed by atoms with E-state index in [0.717, 1.165) is 33.4 Å². The van der Waals surface area contributed by atoms with Gasteiger partial charge in [0.25, 0.3) is 11.5 Å². The highest BCUT2D eigenvalue weighted by molar-refractivity contribution is 6.01. The molecule has 0 radical (unpaired) electrons. The van der Waals surface area contributed by atoms with E-state index in [1.807, 2.05) is 0 Å². The molecule has 3 N–H and O–H groups in total. The van der Waals surface area contributed by atoms with E-state index in [-0.39, 0.29) is 23.8 Å². The second-order valence-electron chi connectivity index (χ2n) is 7.75. The van der Waals surface area contributed by atoms with Crippen LogP contribution in [0.15, 0.2) is 33.9 Å². The molecular formula is C21H23F3N4O6. The molecule has 2 rings (SSSR count). The molecule has 0 fully saturated rings. The first-order valence-electron chi connectivity index (χ1n) is 9.97. The lowest BCUT2D eigenvalue weighted by molar-refractivity contribution is -0.141. The number of aromatic nitrogens is 2. The topological polar surface area (TPSA) is 142 Å².